The second kappa shape index (κ2) is 10.2. The standard InChI is InChI=1S/C25H21N3O5S/c1-32-19-11-12-22(33-2)20(13-19)21(31)14-34-25-26-23(15-3-7-17(29)8-4-15)24(27-28-25)16-5-9-18(30)10-6-16/h3-13,29-30H,14H2,1-2H3. The number of phenolic OH excluding ortho intramolecular Hbond substituents is 2. The van der Waals surface area contributed by atoms with Crippen LogP contribution in [0.5, 0.6) is 23.0 Å². The fourth-order valence-electron chi connectivity index (χ4n) is 3.25. The van der Waals surface area contributed by atoms with Crippen LogP contribution in [0.25, 0.3) is 22.5 Å². The summed E-state index contributed by atoms with van der Waals surface area (Å²) in [6, 6.07) is 18.2. The zero-order valence-electron chi connectivity index (χ0n) is 18.4. The maximum atomic E-state index is 12.9. The second-order valence-corrected chi connectivity index (χ2v) is 8.11. The first-order valence-electron chi connectivity index (χ1n) is 10.2. The lowest BCUT2D eigenvalue weighted by atomic mass is 10.0. The van der Waals surface area contributed by atoms with E-state index in [1.807, 2.05) is 0 Å². The van der Waals surface area contributed by atoms with E-state index < -0.39 is 0 Å². The van der Waals surface area contributed by atoms with Crippen molar-refractivity contribution in [3.05, 3.63) is 72.3 Å². The van der Waals surface area contributed by atoms with E-state index in [-0.39, 0.29) is 23.0 Å². The number of carbonyl (C=O) groups is 1. The number of aromatic nitrogens is 3. The average molecular weight is 476 g/mol. The minimum Gasteiger partial charge on any atom is -0.508 e. The summed E-state index contributed by atoms with van der Waals surface area (Å²) in [5.41, 5.74) is 2.89. The number of aromatic hydroxyl groups is 2. The van der Waals surface area contributed by atoms with E-state index in [0.29, 0.717) is 33.6 Å². The lowest BCUT2D eigenvalue weighted by Gasteiger charge is -2.11. The number of thioether (sulfide) groups is 1. The summed E-state index contributed by atoms with van der Waals surface area (Å²) in [5, 5.41) is 28.2. The molecule has 4 rings (SSSR count). The van der Waals surface area contributed by atoms with Crippen LogP contribution in [0.2, 0.25) is 0 Å². The molecule has 0 aliphatic heterocycles. The van der Waals surface area contributed by atoms with Crippen LogP contribution >= 0.6 is 11.8 Å². The van der Waals surface area contributed by atoms with Crippen molar-refractivity contribution in [1.29, 1.82) is 0 Å². The number of rotatable bonds is 8. The molecule has 0 aliphatic carbocycles. The highest BCUT2D eigenvalue weighted by Gasteiger charge is 2.18. The molecule has 0 spiro atoms. The molecule has 8 nitrogen and oxygen atoms in total. The van der Waals surface area contributed by atoms with Crippen LogP contribution < -0.4 is 9.47 Å². The van der Waals surface area contributed by atoms with Gasteiger partial charge in [-0.05, 0) is 66.7 Å². The molecular weight excluding hydrogens is 454 g/mol. The SMILES string of the molecule is COc1ccc(OC)c(C(=O)CSc2nnc(-c3ccc(O)cc3)c(-c3ccc(O)cc3)n2)c1. The fraction of sp³-hybridized carbons (Fsp3) is 0.120. The van der Waals surface area contributed by atoms with Crippen LogP contribution in [-0.2, 0) is 0 Å². The molecule has 2 N–H and O–H groups in total. The Kier molecular flexibility index (Phi) is 6.93. The zero-order chi connectivity index (χ0) is 24.1. The highest BCUT2D eigenvalue weighted by Crippen LogP contribution is 2.32. The van der Waals surface area contributed by atoms with E-state index in [1.54, 1.807) is 66.7 Å². The van der Waals surface area contributed by atoms with Gasteiger partial charge in [0.05, 0.1) is 25.5 Å². The molecule has 1 heterocycles. The number of carbonyl (C=O) groups excluding carboxylic acids is 1. The van der Waals surface area contributed by atoms with Crippen LogP contribution in [0.3, 0.4) is 0 Å². The third-order valence-electron chi connectivity index (χ3n) is 4.99. The Morgan fingerprint density at radius 3 is 2.03 bits per heavy atom. The molecule has 0 saturated heterocycles. The van der Waals surface area contributed by atoms with Gasteiger partial charge in [-0.2, -0.15) is 0 Å². The van der Waals surface area contributed by atoms with Gasteiger partial charge in [-0.3, -0.25) is 4.79 Å². The number of methoxy groups -OCH3 is 2. The summed E-state index contributed by atoms with van der Waals surface area (Å²) in [6.45, 7) is 0. The van der Waals surface area contributed by atoms with Gasteiger partial charge in [0.2, 0.25) is 5.16 Å². The normalized spacial score (nSPS) is 10.6. The minimum absolute atomic E-state index is 0.0682. The number of ketones is 1. The van der Waals surface area contributed by atoms with Crippen LogP contribution in [0.15, 0.2) is 71.9 Å². The molecule has 0 bridgehead atoms. The smallest absolute Gasteiger partial charge is 0.210 e. The molecule has 0 atom stereocenters. The Morgan fingerprint density at radius 2 is 1.44 bits per heavy atom. The summed E-state index contributed by atoms with van der Waals surface area (Å²) in [6.07, 6.45) is 0. The molecule has 1 aromatic heterocycles. The molecule has 0 saturated carbocycles. The van der Waals surface area contributed by atoms with E-state index in [1.165, 1.54) is 14.2 Å². The Hall–Kier alpha value is -4.11. The van der Waals surface area contributed by atoms with Crippen molar-refractivity contribution in [1.82, 2.24) is 15.2 Å². The van der Waals surface area contributed by atoms with E-state index >= 15 is 0 Å². The van der Waals surface area contributed by atoms with Gasteiger partial charge < -0.3 is 19.7 Å². The van der Waals surface area contributed by atoms with Gasteiger partial charge in [0.1, 0.15) is 34.4 Å². The summed E-state index contributed by atoms with van der Waals surface area (Å²) >= 11 is 1.15. The van der Waals surface area contributed by atoms with Crippen molar-refractivity contribution in [2.24, 2.45) is 0 Å². The average Bonchev–Trinajstić information content (AvgIpc) is 2.87. The Balaban J connectivity index is 1.64. The zero-order valence-corrected chi connectivity index (χ0v) is 19.2. The second-order valence-electron chi connectivity index (χ2n) is 7.16. The van der Waals surface area contributed by atoms with E-state index in [2.05, 4.69) is 15.2 Å². The molecule has 34 heavy (non-hydrogen) atoms. The Bertz CT molecular complexity index is 1310. The van der Waals surface area contributed by atoms with Gasteiger partial charge in [0, 0.05) is 11.1 Å². The largest absolute Gasteiger partial charge is 0.508 e. The Labute approximate surface area is 200 Å². The van der Waals surface area contributed by atoms with Gasteiger partial charge in [-0.1, -0.05) is 11.8 Å². The number of ether oxygens (including phenoxy) is 2. The van der Waals surface area contributed by atoms with E-state index in [4.69, 9.17) is 9.47 Å². The molecule has 0 fully saturated rings. The first-order valence-corrected chi connectivity index (χ1v) is 11.2. The van der Waals surface area contributed by atoms with E-state index in [9.17, 15) is 15.0 Å². The van der Waals surface area contributed by atoms with Gasteiger partial charge >= 0.3 is 0 Å². The lowest BCUT2D eigenvalue weighted by molar-refractivity contribution is 0.101. The maximum Gasteiger partial charge on any atom is 0.210 e. The summed E-state index contributed by atoms with van der Waals surface area (Å²) in [5.74, 6) is 1.17. The quantitative estimate of drug-likeness (QED) is 0.278. The highest BCUT2D eigenvalue weighted by molar-refractivity contribution is 7.99. The van der Waals surface area contributed by atoms with Crippen molar-refractivity contribution in [2.45, 2.75) is 5.16 Å². The molecule has 3 aromatic carbocycles. The molecule has 9 heteroatoms. The van der Waals surface area contributed by atoms with Crippen molar-refractivity contribution < 1.29 is 24.5 Å². The van der Waals surface area contributed by atoms with Crippen molar-refractivity contribution in [2.75, 3.05) is 20.0 Å². The first-order chi connectivity index (χ1) is 16.5. The first kappa shape index (κ1) is 23.1. The topological polar surface area (TPSA) is 115 Å². The predicted molar refractivity (Wildman–Crippen MR) is 129 cm³/mol. The van der Waals surface area contributed by atoms with Crippen LogP contribution in [-0.4, -0.2) is 51.2 Å². The fourth-order valence-corrected chi connectivity index (χ4v) is 3.92. The number of nitrogens with zero attached hydrogens (tertiary/aromatic N) is 3. The van der Waals surface area contributed by atoms with Crippen molar-refractivity contribution in [3.63, 3.8) is 0 Å². The highest BCUT2D eigenvalue weighted by atomic mass is 32.2. The molecule has 0 aliphatic rings. The number of hydrogen-bond acceptors (Lipinski definition) is 9. The van der Waals surface area contributed by atoms with Crippen molar-refractivity contribution in [3.8, 4) is 45.5 Å². The third kappa shape index (κ3) is 5.10. The maximum absolute atomic E-state index is 12.9. The molecule has 172 valence electrons. The number of hydrogen-bond donors (Lipinski definition) is 2. The monoisotopic (exact) mass is 475 g/mol. The third-order valence-corrected chi connectivity index (χ3v) is 5.83. The van der Waals surface area contributed by atoms with Gasteiger partial charge in [0.15, 0.2) is 5.78 Å². The Morgan fingerprint density at radius 1 is 0.824 bits per heavy atom. The lowest BCUT2D eigenvalue weighted by Crippen LogP contribution is -2.07. The van der Waals surface area contributed by atoms with Crippen LogP contribution in [0.1, 0.15) is 10.4 Å². The number of benzene rings is 3. The molecule has 4 aromatic rings. The van der Waals surface area contributed by atoms with E-state index in [0.717, 1.165) is 22.9 Å². The molecule has 0 radical (unpaired) electrons. The molecule has 0 unspecified atom stereocenters. The van der Waals surface area contributed by atoms with Crippen molar-refractivity contribution >= 4 is 17.5 Å². The minimum atomic E-state index is -0.168. The number of Topliss-reactive ketones (excluding diaryl/α,β-unsaturated/α-hetero) is 1. The molecule has 0 amide bonds. The van der Waals surface area contributed by atoms with Gasteiger partial charge in [-0.15, -0.1) is 10.2 Å². The predicted octanol–water partition coefficient (Wildman–Crippen LogP) is 4.61. The summed E-state index contributed by atoms with van der Waals surface area (Å²) in [4.78, 5) is 17.5. The van der Waals surface area contributed by atoms with Crippen LogP contribution in [0.4, 0.5) is 0 Å². The summed E-state index contributed by atoms with van der Waals surface area (Å²) in [7, 11) is 3.04. The number of phenols is 2. The molecular formula is C25H21N3O5S. The van der Waals surface area contributed by atoms with Crippen LogP contribution in [0, 0.1) is 0 Å². The van der Waals surface area contributed by atoms with Gasteiger partial charge in [-0.25, -0.2) is 4.98 Å². The van der Waals surface area contributed by atoms with Gasteiger partial charge in [0.25, 0.3) is 0 Å². The summed E-state index contributed by atoms with van der Waals surface area (Å²) < 4.78 is 10.5.